The number of anilines is 1. The second-order valence-electron chi connectivity index (χ2n) is 8.95. The number of carbonyl (C=O) groups is 2. The van der Waals surface area contributed by atoms with E-state index in [4.69, 9.17) is 10.8 Å². The fourth-order valence-electron chi connectivity index (χ4n) is 4.21. The molecule has 10 nitrogen and oxygen atoms in total. The van der Waals surface area contributed by atoms with Crippen LogP contribution in [0.2, 0.25) is 0 Å². The maximum absolute atomic E-state index is 12.2. The van der Waals surface area contributed by atoms with E-state index in [2.05, 4.69) is 31.5 Å². The van der Waals surface area contributed by atoms with Crippen LogP contribution < -0.4 is 21.3 Å². The number of hydrogen-bond donors (Lipinski definition) is 6. The summed E-state index contributed by atoms with van der Waals surface area (Å²) in [4.78, 5) is 24.3. The Morgan fingerprint density at radius 1 is 0.941 bits per heavy atom. The summed E-state index contributed by atoms with van der Waals surface area (Å²) in [6.45, 7) is 3.84. The molecule has 0 atom stereocenters. The Balaban J connectivity index is 1.25. The maximum atomic E-state index is 12.2. The first-order chi connectivity index (χ1) is 16.5. The lowest BCUT2D eigenvalue weighted by Crippen LogP contribution is -2.34. The quantitative estimate of drug-likeness (QED) is 0.161. The summed E-state index contributed by atoms with van der Waals surface area (Å²) in [5.41, 5.74) is 0. The number of aryl methyl sites for hydroxylation is 1. The summed E-state index contributed by atoms with van der Waals surface area (Å²) < 4.78 is 0. The van der Waals surface area contributed by atoms with Crippen LogP contribution in [-0.4, -0.2) is 58.4 Å². The molecule has 0 unspecified atom stereocenters. The number of nitrogens with one attached hydrogen (secondary N) is 6. The Kier molecular flexibility index (Phi) is 11.4. The zero-order valence-electron chi connectivity index (χ0n) is 19.6. The van der Waals surface area contributed by atoms with Crippen molar-refractivity contribution in [1.82, 2.24) is 26.1 Å². The van der Waals surface area contributed by atoms with Crippen LogP contribution in [-0.2, 0) is 16.0 Å². The van der Waals surface area contributed by atoms with Crippen molar-refractivity contribution in [3.8, 4) is 0 Å². The van der Waals surface area contributed by atoms with Crippen molar-refractivity contribution in [1.29, 1.82) is 10.8 Å². The molecule has 3 heterocycles. The van der Waals surface area contributed by atoms with Gasteiger partial charge in [0.15, 0.2) is 5.17 Å². The molecular weight excluding hydrogens is 472 g/mol. The van der Waals surface area contributed by atoms with Gasteiger partial charge in [0.05, 0.1) is 5.04 Å². The van der Waals surface area contributed by atoms with E-state index >= 15 is 0 Å². The average Bonchev–Trinajstić information content (AvgIpc) is 3.24. The Morgan fingerprint density at radius 2 is 1.56 bits per heavy atom. The third kappa shape index (κ3) is 10.2. The molecular formula is C22H36N8O2S2. The molecule has 12 heteroatoms. The highest BCUT2D eigenvalue weighted by Gasteiger charge is 2.19. The smallest absolute Gasteiger partial charge is 0.226 e. The number of carbonyl (C=O) groups excluding carboxylic acids is 2. The van der Waals surface area contributed by atoms with Crippen molar-refractivity contribution in [2.45, 2.75) is 64.2 Å². The van der Waals surface area contributed by atoms with Gasteiger partial charge in [-0.15, -0.1) is 10.2 Å². The molecule has 2 aliphatic rings. The van der Waals surface area contributed by atoms with Gasteiger partial charge in [0.25, 0.3) is 0 Å². The van der Waals surface area contributed by atoms with Gasteiger partial charge in [-0.25, -0.2) is 0 Å². The second kappa shape index (κ2) is 14.5. The van der Waals surface area contributed by atoms with E-state index in [0.717, 1.165) is 87.9 Å². The molecule has 6 N–H and O–H groups in total. The van der Waals surface area contributed by atoms with Gasteiger partial charge in [0.2, 0.25) is 16.9 Å². The van der Waals surface area contributed by atoms with Gasteiger partial charge >= 0.3 is 0 Å². The number of thioether (sulfide) groups is 1. The van der Waals surface area contributed by atoms with Crippen LogP contribution in [0.15, 0.2) is 0 Å². The number of rotatable bonds is 10. The largest absolute Gasteiger partial charge is 0.317 e. The average molecular weight is 509 g/mol. The third-order valence-corrected chi connectivity index (χ3v) is 7.76. The number of piperidine rings is 2. The molecule has 3 rings (SSSR count). The molecule has 188 valence electrons. The van der Waals surface area contributed by atoms with Gasteiger partial charge in [-0.05, 0) is 94.7 Å². The number of nitrogens with zero attached hydrogens (tertiary/aromatic N) is 2. The minimum Gasteiger partial charge on any atom is -0.317 e. The molecule has 34 heavy (non-hydrogen) atoms. The zero-order valence-corrected chi connectivity index (χ0v) is 21.2. The minimum absolute atomic E-state index is 0.00496. The Bertz CT molecular complexity index is 835. The van der Waals surface area contributed by atoms with Crippen molar-refractivity contribution in [2.75, 3.05) is 31.5 Å². The summed E-state index contributed by atoms with van der Waals surface area (Å²) in [6.07, 6.45) is 7.95. The van der Waals surface area contributed by atoms with Crippen molar-refractivity contribution >= 4 is 50.3 Å². The van der Waals surface area contributed by atoms with Gasteiger partial charge < -0.3 is 21.3 Å². The van der Waals surface area contributed by atoms with Crippen molar-refractivity contribution < 1.29 is 9.59 Å². The highest BCUT2D eigenvalue weighted by Crippen LogP contribution is 2.21. The normalized spacial score (nSPS) is 17.3. The summed E-state index contributed by atoms with van der Waals surface area (Å²) in [5, 5.41) is 38.1. The van der Waals surface area contributed by atoms with Crippen LogP contribution in [0.3, 0.4) is 0 Å². The first-order valence-electron chi connectivity index (χ1n) is 12.1. The highest BCUT2D eigenvalue weighted by molar-refractivity contribution is 8.26. The standard InChI is InChI=1S/C22H36N8O2S2/c23-17(33-21(24)27-18(31)13-15-5-9-25-10-6-15)3-1-2-4-20-29-30-22(34-20)28-19(32)14-16-7-11-26-12-8-16/h15-16,23,25-26H,1-14H2,(H2,24,27,31)(H,28,30,32). The lowest BCUT2D eigenvalue weighted by Gasteiger charge is -2.21. The second-order valence-corrected chi connectivity index (χ2v) is 11.1. The van der Waals surface area contributed by atoms with Gasteiger partial charge in [0.1, 0.15) is 5.01 Å². The topological polar surface area (TPSA) is 156 Å². The lowest BCUT2D eigenvalue weighted by atomic mass is 9.94. The summed E-state index contributed by atoms with van der Waals surface area (Å²) in [5.74, 6) is 0.686. The lowest BCUT2D eigenvalue weighted by molar-refractivity contribution is -0.120. The van der Waals surface area contributed by atoms with Crippen LogP contribution >= 0.6 is 23.1 Å². The molecule has 0 aliphatic carbocycles. The molecule has 2 saturated heterocycles. The SMILES string of the molecule is N=C(CCCCc1nnc(NC(=O)CC2CCNCC2)s1)SC(=N)NC(=O)CC1CCNCC1. The van der Waals surface area contributed by atoms with Crippen molar-refractivity contribution in [3.05, 3.63) is 5.01 Å². The summed E-state index contributed by atoms with van der Waals surface area (Å²) in [6, 6.07) is 0. The van der Waals surface area contributed by atoms with E-state index in [1.165, 1.54) is 11.3 Å². The van der Waals surface area contributed by atoms with E-state index in [0.29, 0.717) is 41.3 Å². The predicted octanol–water partition coefficient (Wildman–Crippen LogP) is 2.73. The molecule has 0 saturated carbocycles. The maximum Gasteiger partial charge on any atom is 0.226 e. The van der Waals surface area contributed by atoms with E-state index in [1.807, 2.05) is 0 Å². The molecule has 2 amide bonds. The first kappa shape index (κ1) is 26.7. The molecule has 1 aromatic heterocycles. The number of aromatic nitrogens is 2. The highest BCUT2D eigenvalue weighted by atomic mass is 32.2. The zero-order chi connectivity index (χ0) is 24.2. The van der Waals surface area contributed by atoms with Crippen molar-refractivity contribution in [3.63, 3.8) is 0 Å². The van der Waals surface area contributed by atoms with E-state index in [9.17, 15) is 9.59 Å². The molecule has 0 spiro atoms. The molecule has 1 aromatic rings. The Morgan fingerprint density at radius 3 is 2.21 bits per heavy atom. The third-order valence-electron chi connectivity index (χ3n) is 6.10. The molecule has 0 bridgehead atoms. The van der Waals surface area contributed by atoms with E-state index < -0.39 is 0 Å². The Hall–Kier alpha value is -1.89. The van der Waals surface area contributed by atoms with Crippen LogP contribution in [0.25, 0.3) is 0 Å². The van der Waals surface area contributed by atoms with Crippen LogP contribution in [0.4, 0.5) is 5.13 Å². The van der Waals surface area contributed by atoms with Crippen LogP contribution in [0.5, 0.6) is 0 Å². The first-order valence-corrected chi connectivity index (χ1v) is 13.8. The molecule has 0 aromatic carbocycles. The summed E-state index contributed by atoms with van der Waals surface area (Å²) >= 11 is 2.41. The van der Waals surface area contributed by atoms with Crippen LogP contribution in [0, 0.1) is 22.7 Å². The van der Waals surface area contributed by atoms with Gasteiger partial charge in [-0.1, -0.05) is 11.3 Å². The number of amides is 2. The van der Waals surface area contributed by atoms with Gasteiger partial charge in [0, 0.05) is 19.3 Å². The Labute approximate surface area is 209 Å². The van der Waals surface area contributed by atoms with Crippen molar-refractivity contribution in [2.24, 2.45) is 11.8 Å². The summed E-state index contributed by atoms with van der Waals surface area (Å²) in [7, 11) is 0. The molecule has 0 radical (unpaired) electrons. The fourth-order valence-corrected chi connectivity index (χ4v) is 5.67. The molecule has 2 fully saturated rings. The van der Waals surface area contributed by atoms with Crippen LogP contribution in [0.1, 0.15) is 62.8 Å². The number of amidine groups is 1. The fraction of sp³-hybridized carbons (Fsp3) is 0.727. The van der Waals surface area contributed by atoms with E-state index in [-0.39, 0.29) is 17.0 Å². The number of unbranched alkanes of at least 4 members (excludes halogenated alkanes) is 1. The predicted molar refractivity (Wildman–Crippen MR) is 138 cm³/mol. The van der Waals surface area contributed by atoms with E-state index in [1.54, 1.807) is 0 Å². The molecule has 2 aliphatic heterocycles. The monoisotopic (exact) mass is 508 g/mol. The minimum atomic E-state index is -0.132. The van der Waals surface area contributed by atoms with Gasteiger partial charge in [-0.3, -0.25) is 20.4 Å². The van der Waals surface area contributed by atoms with Gasteiger partial charge in [-0.2, -0.15) is 0 Å². The number of hydrogen-bond acceptors (Lipinski definition) is 10.